The molecule has 0 aliphatic heterocycles. The Balaban J connectivity index is 1.80. The van der Waals surface area contributed by atoms with E-state index in [-0.39, 0.29) is 11.2 Å². The fraction of sp³-hybridized carbons (Fsp3) is 0.0385. The number of pyridine rings is 2. The van der Waals surface area contributed by atoms with E-state index >= 15 is 0 Å². The molecule has 0 fully saturated rings. The van der Waals surface area contributed by atoms with E-state index in [1.54, 1.807) is 18.2 Å². The summed E-state index contributed by atoms with van der Waals surface area (Å²) in [4.78, 5) is 31.5. The number of nitrogens with one attached hydrogen (secondary N) is 1. The molecule has 0 saturated heterocycles. The zero-order valence-electron chi connectivity index (χ0n) is 17.3. The van der Waals surface area contributed by atoms with Crippen molar-refractivity contribution in [3.05, 3.63) is 117 Å². The summed E-state index contributed by atoms with van der Waals surface area (Å²) in [6.07, 6.45) is 0. The van der Waals surface area contributed by atoms with Gasteiger partial charge in [-0.1, -0.05) is 42.5 Å². The minimum Gasteiger partial charge on any atom is -0.341 e. The second kappa shape index (κ2) is 8.24. The fourth-order valence-corrected chi connectivity index (χ4v) is 4.42. The summed E-state index contributed by atoms with van der Waals surface area (Å²) in [7, 11) is 0. The maximum Gasteiger partial charge on any atom is 0.221 e. The SMILES string of the molecule is Cc1cc(C(=O)c2cccs2)nc2c1c(=O)cc(Nc1ccccc1)n2-c1ccccc1. The highest BCUT2D eigenvalue weighted by atomic mass is 32.1. The second-order valence-corrected chi connectivity index (χ2v) is 8.33. The second-order valence-electron chi connectivity index (χ2n) is 7.39. The summed E-state index contributed by atoms with van der Waals surface area (Å²) in [6, 6.07) is 26.2. The summed E-state index contributed by atoms with van der Waals surface area (Å²) in [5.41, 5.74) is 3.02. The molecule has 0 saturated carbocycles. The maximum absolute atomic E-state index is 13.1. The third kappa shape index (κ3) is 3.61. The summed E-state index contributed by atoms with van der Waals surface area (Å²) < 4.78 is 1.89. The Kier molecular flexibility index (Phi) is 5.13. The zero-order chi connectivity index (χ0) is 22.1. The molecular weight excluding hydrogens is 418 g/mol. The van der Waals surface area contributed by atoms with E-state index in [1.165, 1.54) is 11.3 Å². The lowest BCUT2D eigenvalue weighted by Crippen LogP contribution is -2.16. The summed E-state index contributed by atoms with van der Waals surface area (Å²) in [5.74, 6) is 0.422. The van der Waals surface area contributed by atoms with Crippen molar-refractivity contribution in [2.45, 2.75) is 6.92 Å². The number of nitrogens with zero attached hydrogens (tertiary/aromatic N) is 2. The molecule has 0 aliphatic rings. The van der Waals surface area contributed by atoms with E-state index in [9.17, 15) is 9.59 Å². The lowest BCUT2D eigenvalue weighted by molar-refractivity contribution is 0.103. The predicted molar refractivity (Wildman–Crippen MR) is 130 cm³/mol. The number of carbonyl (C=O) groups excluding carboxylic acids is 1. The van der Waals surface area contributed by atoms with E-state index in [1.807, 2.05) is 83.6 Å². The van der Waals surface area contributed by atoms with Crippen LogP contribution in [0.1, 0.15) is 20.9 Å². The molecule has 0 spiro atoms. The third-order valence-electron chi connectivity index (χ3n) is 5.20. The molecule has 0 bridgehead atoms. The van der Waals surface area contributed by atoms with Gasteiger partial charge in [0.25, 0.3) is 0 Å². The largest absolute Gasteiger partial charge is 0.341 e. The van der Waals surface area contributed by atoms with Crippen LogP contribution in [0.4, 0.5) is 11.5 Å². The Morgan fingerprint density at radius 2 is 1.66 bits per heavy atom. The van der Waals surface area contributed by atoms with Gasteiger partial charge in [-0.05, 0) is 54.3 Å². The van der Waals surface area contributed by atoms with Gasteiger partial charge >= 0.3 is 0 Å². The fourth-order valence-electron chi connectivity index (χ4n) is 3.75. The molecule has 0 unspecified atom stereocenters. The molecule has 0 atom stereocenters. The Morgan fingerprint density at radius 1 is 0.938 bits per heavy atom. The van der Waals surface area contributed by atoms with Gasteiger partial charge in [-0.3, -0.25) is 14.2 Å². The van der Waals surface area contributed by atoms with Crippen LogP contribution in [0.2, 0.25) is 0 Å². The molecule has 0 radical (unpaired) electrons. The Bertz CT molecular complexity index is 1480. The Hall–Kier alpha value is -4.03. The van der Waals surface area contributed by atoms with Crippen molar-refractivity contribution in [3.8, 4) is 5.69 Å². The van der Waals surface area contributed by atoms with Crippen LogP contribution in [-0.2, 0) is 0 Å². The van der Waals surface area contributed by atoms with Crippen molar-refractivity contribution in [2.75, 3.05) is 5.32 Å². The number of hydrogen-bond acceptors (Lipinski definition) is 5. The van der Waals surface area contributed by atoms with Gasteiger partial charge in [0, 0.05) is 17.4 Å². The average molecular weight is 438 g/mol. The van der Waals surface area contributed by atoms with E-state index in [4.69, 9.17) is 4.98 Å². The number of fused-ring (bicyclic) bond motifs is 1. The van der Waals surface area contributed by atoms with E-state index in [0.29, 0.717) is 27.4 Å². The topological polar surface area (TPSA) is 64.0 Å². The van der Waals surface area contributed by atoms with Crippen LogP contribution in [0, 0.1) is 6.92 Å². The number of hydrogen-bond donors (Lipinski definition) is 1. The van der Waals surface area contributed by atoms with Crippen LogP contribution in [0.25, 0.3) is 16.7 Å². The van der Waals surface area contributed by atoms with Crippen molar-refractivity contribution >= 4 is 39.7 Å². The monoisotopic (exact) mass is 437 g/mol. The lowest BCUT2D eigenvalue weighted by Gasteiger charge is -2.19. The van der Waals surface area contributed by atoms with Gasteiger partial charge in [-0.15, -0.1) is 11.3 Å². The number of aromatic nitrogens is 2. The molecular formula is C26H19N3O2S. The van der Waals surface area contributed by atoms with Crippen molar-refractivity contribution in [3.63, 3.8) is 0 Å². The zero-order valence-corrected chi connectivity index (χ0v) is 18.1. The predicted octanol–water partition coefficient (Wildman–Crippen LogP) is 5.73. The molecule has 156 valence electrons. The van der Waals surface area contributed by atoms with Gasteiger partial charge in [-0.2, -0.15) is 0 Å². The molecule has 2 aromatic carbocycles. The van der Waals surface area contributed by atoms with Crippen molar-refractivity contribution in [1.29, 1.82) is 0 Å². The first-order valence-electron chi connectivity index (χ1n) is 10.1. The van der Waals surface area contributed by atoms with E-state index in [0.717, 1.165) is 16.9 Å². The normalized spacial score (nSPS) is 10.9. The van der Waals surface area contributed by atoms with Gasteiger partial charge in [0.15, 0.2) is 11.1 Å². The standard InChI is InChI=1S/C26H19N3O2S/c1-17-15-20(25(31)22-13-8-14-32-22)28-26-24(17)21(30)16-23(27-18-9-4-2-5-10-18)29(26)19-11-6-3-7-12-19/h2-16,27H,1H3. The number of aryl methyl sites for hydroxylation is 1. The first-order valence-corrected chi connectivity index (χ1v) is 11.0. The van der Waals surface area contributed by atoms with Crippen LogP contribution in [0.5, 0.6) is 0 Å². The number of ketones is 1. The number of benzene rings is 2. The molecule has 5 rings (SSSR count). The highest BCUT2D eigenvalue weighted by Crippen LogP contribution is 2.27. The minimum absolute atomic E-state index is 0.147. The summed E-state index contributed by atoms with van der Waals surface area (Å²) in [5, 5.41) is 5.70. The molecule has 3 aromatic heterocycles. The highest BCUT2D eigenvalue weighted by molar-refractivity contribution is 7.12. The maximum atomic E-state index is 13.1. The van der Waals surface area contributed by atoms with Gasteiger partial charge < -0.3 is 5.32 Å². The molecule has 0 amide bonds. The summed E-state index contributed by atoms with van der Waals surface area (Å²) in [6.45, 7) is 1.84. The number of anilines is 2. The van der Waals surface area contributed by atoms with E-state index < -0.39 is 0 Å². The van der Waals surface area contributed by atoms with Crippen molar-refractivity contribution in [1.82, 2.24) is 9.55 Å². The quantitative estimate of drug-likeness (QED) is 0.357. The molecule has 5 nitrogen and oxygen atoms in total. The molecule has 5 aromatic rings. The highest BCUT2D eigenvalue weighted by Gasteiger charge is 2.19. The van der Waals surface area contributed by atoms with Gasteiger partial charge in [0.2, 0.25) is 5.78 Å². The Morgan fingerprint density at radius 3 is 2.34 bits per heavy atom. The van der Waals surface area contributed by atoms with Crippen molar-refractivity contribution in [2.24, 2.45) is 0 Å². The molecule has 32 heavy (non-hydrogen) atoms. The van der Waals surface area contributed by atoms with Crippen LogP contribution >= 0.6 is 11.3 Å². The molecule has 6 heteroatoms. The first kappa shape index (κ1) is 19.9. The minimum atomic E-state index is -0.154. The van der Waals surface area contributed by atoms with Gasteiger partial charge in [0.05, 0.1) is 10.3 Å². The van der Waals surface area contributed by atoms with Crippen LogP contribution in [0.15, 0.2) is 95.1 Å². The number of thiophene rings is 1. The van der Waals surface area contributed by atoms with E-state index in [2.05, 4.69) is 5.32 Å². The number of rotatable bonds is 5. The van der Waals surface area contributed by atoms with Crippen LogP contribution in [0.3, 0.4) is 0 Å². The molecule has 0 aliphatic carbocycles. The molecule has 1 N–H and O–H groups in total. The lowest BCUT2D eigenvalue weighted by atomic mass is 10.1. The van der Waals surface area contributed by atoms with Gasteiger partial charge in [-0.25, -0.2) is 4.98 Å². The average Bonchev–Trinajstić information content (AvgIpc) is 3.34. The number of carbonyl (C=O) groups is 1. The number of para-hydroxylation sites is 2. The van der Waals surface area contributed by atoms with Crippen LogP contribution in [-0.4, -0.2) is 15.3 Å². The van der Waals surface area contributed by atoms with Crippen molar-refractivity contribution < 1.29 is 4.79 Å². The van der Waals surface area contributed by atoms with Gasteiger partial charge in [0.1, 0.15) is 11.5 Å². The molecule has 3 heterocycles. The summed E-state index contributed by atoms with van der Waals surface area (Å²) >= 11 is 1.38. The first-order chi connectivity index (χ1) is 15.6. The third-order valence-corrected chi connectivity index (χ3v) is 6.07. The smallest absolute Gasteiger partial charge is 0.221 e. The van der Waals surface area contributed by atoms with Crippen LogP contribution < -0.4 is 10.7 Å². The Labute approximate surface area is 188 Å².